The van der Waals surface area contributed by atoms with E-state index in [0.717, 1.165) is 12.1 Å². The van der Waals surface area contributed by atoms with Crippen LogP contribution in [-0.4, -0.2) is 31.9 Å². The number of hydrogen-bond acceptors (Lipinski definition) is 4. The van der Waals surface area contributed by atoms with E-state index >= 15 is 0 Å². The lowest BCUT2D eigenvalue weighted by Gasteiger charge is -2.33. The Bertz CT molecular complexity index is 797. The minimum absolute atomic E-state index is 0.0138. The highest BCUT2D eigenvalue weighted by Gasteiger charge is 2.32. The van der Waals surface area contributed by atoms with E-state index in [4.69, 9.17) is 9.47 Å². The van der Waals surface area contributed by atoms with Crippen molar-refractivity contribution in [2.24, 2.45) is 0 Å². The molecule has 1 heterocycles. The fourth-order valence-corrected chi connectivity index (χ4v) is 2.82. The molecule has 1 aliphatic heterocycles. The van der Waals surface area contributed by atoms with Gasteiger partial charge >= 0.3 is 12.3 Å². The van der Waals surface area contributed by atoms with Crippen LogP contribution in [0.3, 0.4) is 0 Å². The second kappa shape index (κ2) is 7.87. The van der Waals surface area contributed by atoms with E-state index in [0.29, 0.717) is 31.1 Å². The van der Waals surface area contributed by atoms with Gasteiger partial charge in [-0.1, -0.05) is 18.2 Å². The third kappa shape index (κ3) is 5.13. The van der Waals surface area contributed by atoms with E-state index in [-0.39, 0.29) is 11.8 Å². The van der Waals surface area contributed by atoms with E-state index < -0.39 is 17.8 Å². The molecule has 0 saturated carbocycles. The monoisotopic (exact) mass is 380 g/mol. The zero-order chi connectivity index (χ0) is 19.4. The van der Waals surface area contributed by atoms with Crippen molar-refractivity contribution in [3.63, 3.8) is 0 Å². The molecule has 144 valence electrons. The maximum absolute atomic E-state index is 13.3. The lowest BCUT2D eigenvalue weighted by Crippen LogP contribution is -2.41. The molecule has 1 atom stereocenters. The van der Waals surface area contributed by atoms with Crippen LogP contribution in [0.15, 0.2) is 48.5 Å². The fourth-order valence-electron chi connectivity index (χ4n) is 2.82. The Balaban J connectivity index is 1.83. The lowest BCUT2D eigenvalue weighted by molar-refractivity contribution is -0.137. The number of anilines is 2. The highest BCUT2D eigenvalue weighted by molar-refractivity contribution is 5.87. The molecule has 0 bridgehead atoms. The highest BCUT2D eigenvalue weighted by Crippen LogP contribution is 2.35. The lowest BCUT2D eigenvalue weighted by atomic mass is 10.1. The van der Waals surface area contributed by atoms with Gasteiger partial charge in [0.05, 0.1) is 18.3 Å². The Morgan fingerprint density at radius 1 is 1.22 bits per heavy atom. The molecule has 5 nitrogen and oxygen atoms in total. The smallest absolute Gasteiger partial charge is 0.410 e. The van der Waals surface area contributed by atoms with Crippen molar-refractivity contribution in [3.8, 4) is 5.75 Å². The number of alkyl halides is 3. The number of carbonyl (C=O) groups is 1. The van der Waals surface area contributed by atoms with Gasteiger partial charge < -0.3 is 14.4 Å². The van der Waals surface area contributed by atoms with Crippen molar-refractivity contribution in [2.45, 2.75) is 19.2 Å². The molecule has 0 aromatic heterocycles. The Morgan fingerprint density at radius 3 is 2.63 bits per heavy atom. The van der Waals surface area contributed by atoms with Gasteiger partial charge in [-0.25, -0.2) is 4.79 Å². The number of nitrogens with zero attached hydrogens (tertiary/aromatic N) is 1. The quantitative estimate of drug-likeness (QED) is 0.849. The van der Waals surface area contributed by atoms with Gasteiger partial charge in [0.2, 0.25) is 0 Å². The molecule has 1 N–H and O–H groups in total. The molecule has 0 radical (unpaired) electrons. The van der Waals surface area contributed by atoms with E-state index in [1.165, 1.54) is 6.07 Å². The van der Waals surface area contributed by atoms with Crippen molar-refractivity contribution in [1.82, 2.24) is 0 Å². The minimum Gasteiger partial charge on any atom is -0.410 e. The molecule has 8 heteroatoms. The summed E-state index contributed by atoms with van der Waals surface area (Å²) in [5, 5.41) is 2.37. The maximum Gasteiger partial charge on any atom is 0.417 e. The third-order valence-electron chi connectivity index (χ3n) is 4.05. The van der Waals surface area contributed by atoms with Crippen molar-refractivity contribution in [1.29, 1.82) is 0 Å². The molecular formula is C19H19F3N2O3. The topological polar surface area (TPSA) is 50.8 Å². The van der Waals surface area contributed by atoms with E-state index in [9.17, 15) is 18.0 Å². The summed E-state index contributed by atoms with van der Waals surface area (Å²) < 4.78 is 50.4. The second-order valence-electron chi connectivity index (χ2n) is 6.22. The van der Waals surface area contributed by atoms with Crippen LogP contribution >= 0.6 is 0 Å². The summed E-state index contributed by atoms with van der Waals surface area (Å²) in [5.74, 6) is 0.296. The van der Waals surface area contributed by atoms with Gasteiger partial charge in [-0.2, -0.15) is 13.2 Å². The summed E-state index contributed by atoms with van der Waals surface area (Å²) in [5.41, 5.74) is -0.455. The molecule has 1 aliphatic rings. The fraction of sp³-hybridized carbons (Fsp3) is 0.316. The summed E-state index contributed by atoms with van der Waals surface area (Å²) >= 11 is 0. The SMILES string of the molecule is CC1CN(c2cc(NC(=O)Oc3ccccc3)cc(C(F)(F)F)c2)CCO1. The van der Waals surface area contributed by atoms with Gasteiger partial charge in [-0.3, -0.25) is 5.32 Å². The average molecular weight is 380 g/mol. The van der Waals surface area contributed by atoms with Gasteiger partial charge in [-0.15, -0.1) is 0 Å². The number of morpholine rings is 1. The van der Waals surface area contributed by atoms with Crippen molar-refractivity contribution >= 4 is 17.5 Å². The van der Waals surface area contributed by atoms with Crippen LogP contribution < -0.4 is 15.0 Å². The molecule has 1 saturated heterocycles. The summed E-state index contributed by atoms with van der Waals surface area (Å²) in [6.45, 7) is 3.22. The largest absolute Gasteiger partial charge is 0.417 e. The molecule has 0 aliphatic carbocycles. The highest BCUT2D eigenvalue weighted by atomic mass is 19.4. The average Bonchev–Trinajstić information content (AvgIpc) is 2.61. The summed E-state index contributed by atoms with van der Waals surface area (Å²) in [6, 6.07) is 11.7. The molecule has 1 fully saturated rings. The van der Waals surface area contributed by atoms with Crippen LogP contribution in [0.25, 0.3) is 0 Å². The number of ether oxygens (including phenoxy) is 2. The maximum atomic E-state index is 13.3. The number of nitrogens with one attached hydrogen (secondary N) is 1. The van der Waals surface area contributed by atoms with E-state index in [1.807, 2.05) is 6.92 Å². The van der Waals surface area contributed by atoms with Crippen LogP contribution in [-0.2, 0) is 10.9 Å². The number of para-hydroxylation sites is 1. The third-order valence-corrected chi connectivity index (χ3v) is 4.05. The van der Waals surface area contributed by atoms with E-state index in [2.05, 4.69) is 5.32 Å². The number of amides is 1. The second-order valence-corrected chi connectivity index (χ2v) is 6.22. The predicted molar refractivity (Wildman–Crippen MR) is 95.2 cm³/mol. The standard InChI is InChI=1S/C19H19F3N2O3/c1-13-12-24(7-8-26-13)16-10-14(19(20,21)22)9-15(11-16)23-18(25)27-17-5-3-2-4-6-17/h2-6,9-11,13H,7-8,12H2,1H3,(H,23,25). The summed E-state index contributed by atoms with van der Waals surface area (Å²) in [4.78, 5) is 13.8. The van der Waals surface area contributed by atoms with Gasteiger partial charge in [0.15, 0.2) is 0 Å². The van der Waals surface area contributed by atoms with Crippen LogP contribution in [0.1, 0.15) is 12.5 Å². The van der Waals surface area contributed by atoms with Crippen LogP contribution in [0, 0.1) is 0 Å². The Morgan fingerprint density at radius 2 is 1.96 bits per heavy atom. The zero-order valence-electron chi connectivity index (χ0n) is 14.6. The summed E-state index contributed by atoms with van der Waals surface area (Å²) in [7, 11) is 0. The first-order valence-corrected chi connectivity index (χ1v) is 8.44. The van der Waals surface area contributed by atoms with Crippen LogP contribution in [0.4, 0.5) is 29.3 Å². The Labute approximate surface area is 154 Å². The number of rotatable bonds is 3. The first-order valence-electron chi connectivity index (χ1n) is 8.44. The molecule has 2 aromatic rings. The van der Waals surface area contributed by atoms with Gasteiger partial charge in [-0.05, 0) is 37.3 Å². The van der Waals surface area contributed by atoms with Crippen molar-refractivity contribution in [3.05, 3.63) is 54.1 Å². The normalized spacial score (nSPS) is 17.5. The Kier molecular flexibility index (Phi) is 5.55. The van der Waals surface area contributed by atoms with Crippen LogP contribution in [0.2, 0.25) is 0 Å². The molecule has 3 rings (SSSR count). The zero-order valence-corrected chi connectivity index (χ0v) is 14.6. The number of hydrogen-bond donors (Lipinski definition) is 1. The summed E-state index contributed by atoms with van der Waals surface area (Å²) in [6.07, 6.45) is -5.48. The first kappa shape index (κ1) is 19.0. The van der Waals surface area contributed by atoms with Gasteiger partial charge in [0.1, 0.15) is 5.75 Å². The number of benzene rings is 2. The number of carbonyl (C=O) groups excluding carboxylic acids is 1. The molecule has 0 spiro atoms. The Hall–Kier alpha value is -2.74. The number of halogens is 3. The predicted octanol–water partition coefficient (Wildman–Crippen LogP) is 4.54. The molecule has 2 aromatic carbocycles. The molecular weight excluding hydrogens is 361 g/mol. The molecule has 1 unspecified atom stereocenters. The molecule has 27 heavy (non-hydrogen) atoms. The van der Waals surface area contributed by atoms with Crippen molar-refractivity contribution < 1.29 is 27.4 Å². The molecule has 1 amide bonds. The van der Waals surface area contributed by atoms with Crippen LogP contribution in [0.5, 0.6) is 5.75 Å². The first-order chi connectivity index (χ1) is 12.8. The van der Waals surface area contributed by atoms with Gasteiger partial charge in [0, 0.05) is 24.5 Å². The van der Waals surface area contributed by atoms with Crippen molar-refractivity contribution in [2.75, 3.05) is 29.9 Å². The minimum atomic E-state index is -4.53. The van der Waals surface area contributed by atoms with E-state index in [1.54, 1.807) is 35.2 Å². The van der Waals surface area contributed by atoms with Gasteiger partial charge in [0.25, 0.3) is 0 Å².